The van der Waals surface area contributed by atoms with Crippen LogP contribution < -0.4 is 0 Å². The van der Waals surface area contributed by atoms with Crippen molar-refractivity contribution in [3.63, 3.8) is 0 Å². The van der Waals surface area contributed by atoms with Gasteiger partial charge in [-0.2, -0.15) is 0 Å². The third-order valence-corrected chi connectivity index (χ3v) is 2.38. The van der Waals surface area contributed by atoms with E-state index in [0.717, 1.165) is 0 Å². The van der Waals surface area contributed by atoms with E-state index in [9.17, 15) is 14.4 Å². The standard InChI is InChI=1S/C10H14O4.Na.H/c1-3-14-10(13)9-6(2)4-7(11)5-8(9)12;;/h6,9H,3-5H2,1-2H3;;. The molecule has 0 aromatic rings. The van der Waals surface area contributed by atoms with Crippen molar-refractivity contribution in [1.82, 2.24) is 0 Å². The summed E-state index contributed by atoms with van der Waals surface area (Å²) in [5, 5.41) is 0. The van der Waals surface area contributed by atoms with Crippen molar-refractivity contribution < 1.29 is 19.1 Å². The van der Waals surface area contributed by atoms with Gasteiger partial charge in [0.25, 0.3) is 0 Å². The molecule has 0 bridgehead atoms. The molecule has 0 amide bonds. The first-order chi connectivity index (χ1) is 6.56. The fourth-order valence-corrected chi connectivity index (χ4v) is 1.77. The quantitative estimate of drug-likeness (QED) is 0.377. The number of ketones is 2. The molecule has 1 saturated carbocycles. The van der Waals surface area contributed by atoms with Crippen LogP contribution in [0.3, 0.4) is 0 Å². The predicted molar refractivity (Wildman–Crippen MR) is 55.7 cm³/mol. The summed E-state index contributed by atoms with van der Waals surface area (Å²) in [6.45, 7) is 3.70. The molecular formula is C10H15NaO4. The number of hydrogen-bond acceptors (Lipinski definition) is 4. The van der Waals surface area contributed by atoms with Crippen LogP contribution in [0, 0.1) is 11.8 Å². The Morgan fingerprint density at radius 1 is 1.47 bits per heavy atom. The van der Waals surface area contributed by atoms with Gasteiger partial charge in [-0.15, -0.1) is 0 Å². The van der Waals surface area contributed by atoms with Crippen LogP contribution in [-0.4, -0.2) is 53.7 Å². The zero-order chi connectivity index (χ0) is 10.7. The average Bonchev–Trinajstić information content (AvgIpc) is 2.01. The summed E-state index contributed by atoms with van der Waals surface area (Å²) < 4.78 is 4.79. The Labute approximate surface area is 111 Å². The summed E-state index contributed by atoms with van der Waals surface area (Å²) in [4.78, 5) is 33.8. The van der Waals surface area contributed by atoms with Gasteiger partial charge in [-0.3, -0.25) is 14.4 Å². The molecule has 15 heavy (non-hydrogen) atoms. The number of Topliss-reactive ketones (excluding diaryl/α,β-unsaturated/α-hetero) is 2. The molecule has 4 nitrogen and oxygen atoms in total. The maximum atomic E-state index is 11.4. The van der Waals surface area contributed by atoms with Crippen molar-refractivity contribution in [3.05, 3.63) is 0 Å². The van der Waals surface area contributed by atoms with Crippen LogP contribution in [0.5, 0.6) is 0 Å². The van der Waals surface area contributed by atoms with Gasteiger partial charge in [-0.05, 0) is 12.8 Å². The zero-order valence-electron chi connectivity index (χ0n) is 8.41. The van der Waals surface area contributed by atoms with Crippen molar-refractivity contribution >= 4 is 47.1 Å². The molecule has 1 rings (SSSR count). The first-order valence-electron chi connectivity index (χ1n) is 4.77. The molecule has 0 aromatic heterocycles. The van der Waals surface area contributed by atoms with Crippen molar-refractivity contribution in [1.29, 1.82) is 0 Å². The summed E-state index contributed by atoms with van der Waals surface area (Å²) in [6.07, 6.45) is 0.184. The fraction of sp³-hybridized carbons (Fsp3) is 0.700. The number of ether oxygens (including phenoxy) is 1. The molecule has 5 heteroatoms. The van der Waals surface area contributed by atoms with Gasteiger partial charge >= 0.3 is 35.5 Å². The summed E-state index contributed by atoms with van der Waals surface area (Å²) in [7, 11) is 0. The average molecular weight is 222 g/mol. The number of esters is 1. The van der Waals surface area contributed by atoms with Crippen LogP contribution in [0.4, 0.5) is 0 Å². The van der Waals surface area contributed by atoms with E-state index in [4.69, 9.17) is 4.74 Å². The third-order valence-electron chi connectivity index (χ3n) is 2.38. The molecule has 2 unspecified atom stereocenters. The van der Waals surface area contributed by atoms with Crippen LogP contribution in [0.1, 0.15) is 26.7 Å². The topological polar surface area (TPSA) is 60.4 Å². The van der Waals surface area contributed by atoms with E-state index in [1.807, 2.05) is 0 Å². The van der Waals surface area contributed by atoms with Gasteiger partial charge in [0.15, 0.2) is 5.78 Å². The molecule has 0 spiro atoms. The van der Waals surface area contributed by atoms with Gasteiger partial charge in [-0.25, -0.2) is 0 Å². The number of hydrogen-bond donors (Lipinski definition) is 0. The minimum absolute atomic E-state index is 0. The first kappa shape index (κ1) is 14.8. The summed E-state index contributed by atoms with van der Waals surface area (Å²) in [6, 6.07) is 0. The Hall–Kier alpha value is -0.190. The fourth-order valence-electron chi connectivity index (χ4n) is 1.77. The maximum absolute atomic E-state index is 11.4. The molecule has 80 valence electrons. The third kappa shape index (κ3) is 3.70. The van der Waals surface area contributed by atoms with E-state index < -0.39 is 11.9 Å². The second-order valence-corrected chi connectivity index (χ2v) is 3.59. The van der Waals surface area contributed by atoms with Crippen molar-refractivity contribution in [2.24, 2.45) is 11.8 Å². The molecule has 0 aromatic carbocycles. The van der Waals surface area contributed by atoms with Crippen molar-refractivity contribution in [3.8, 4) is 0 Å². The Kier molecular flexibility index (Phi) is 6.32. The summed E-state index contributed by atoms with van der Waals surface area (Å²) >= 11 is 0. The first-order valence-corrected chi connectivity index (χ1v) is 4.77. The van der Waals surface area contributed by atoms with E-state index in [0.29, 0.717) is 6.42 Å². The number of carbonyl (C=O) groups excluding carboxylic acids is 3. The summed E-state index contributed by atoms with van der Waals surface area (Å²) in [5.41, 5.74) is 0. The van der Waals surface area contributed by atoms with Gasteiger partial charge in [-0.1, -0.05) is 6.92 Å². The van der Waals surface area contributed by atoms with Crippen molar-refractivity contribution in [2.45, 2.75) is 26.7 Å². The normalized spacial score (nSPS) is 25.7. The van der Waals surface area contributed by atoms with Crippen molar-refractivity contribution in [2.75, 3.05) is 6.61 Å². The second kappa shape index (κ2) is 6.40. The Morgan fingerprint density at radius 2 is 2.07 bits per heavy atom. The van der Waals surface area contributed by atoms with E-state index >= 15 is 0 Å². The monoisotopic (exact) mass is 222 g/mol. The molecule has 1 aliphatic carbocycles. The molecule has 0 radical (unpaired) electrons. The molecule has 0 saturated heterocycles. The zero-order valence-corrected chi connectivity index (χ0v) is 8.41. The molecule has 1 fully saturated rings. The summed E-state index contributed by atoms with van der Waals surface area (Å²) in [5.74, 6) is -1.82. The van der Waals surface area contributed by atoms with Gasteiger partial charge in [0.05, 0.1) is 13.0 Å². The molecule has 1 aliphatic rings. The van der Waals surface area contributed by atoms with Gasteiger partial charge in [0.1, 0.15) is 11.7 Å². The van der Waals surface area contributed by atoms with Gasteiger partial charge in [0, 0.05) is 6.42 Å². The SMILES string of the molecule is CCOC(=O)C1C(=O)CC(=O)CC1C.[NaH]. The van der Waals surface area contributed by atoms with E-state index in [2.05, 4.69) is 0 Å². The molecular weight excluding hydrogens is 207 g/mol. The van der Waals surface area contributed by atoms with Crippen LogP contribution in [0.15, 0.2) is 0 Å². The molecule has 2 atom stereocenters. The molecule has 0 N–H and O–H groups in total. The number of rotatable bonds is 2. The minimum atomic E-state index is -0.729. The Bertz CT molecular complexity index is 275. The molecule has 0 aliphatic heterocycles. The van der Waals surface area contributed by atoms with Gasteiger partial charge in [0.2, 0.25) is 0 Å². The van der Waals surface area contributed by atoms with Crippen LogP contribution in [0.2, 0.25) is 0 Å². The number of carbonyl (C=O) groups is 3. The predicted octanol–water partition coefficient (Wildman–Crippen LogP) is 0.0853. The van der Waals surface area contributed by atoms with E-state index in [1.54, 1.807) is 13.8 Å². The molecule has 0 heterocycles. The van der Waals surface area contributed by atoms with E-state index in [1.165, 1.54) is 0 Å². The second-order valence-electron chi connectivity index (χ2n) is 3.59. The van der Waals surface area contributed by atoms with Crippen LogP contribution in [-0.2, 0) is 19.1 Å². The van der Waals surface area contributed by atoms with Gasteiger partial charge < -0.3 is 4.74 Å². The van der Waals surface area contributed by atoms with Crippen LogP contribution >= 0.6 is 0 Å². The Morgan fingerprint density at radius 3 is 2.53 bits per heavy atom. The van der Waals surface area contributed by atoms with Crippen LogP contribution in [0.25, 0.3) is 0 Å². The van der Waals surface area contributed by atoms with E-state index in [-0.39, 0.29) is 60.1 Å². The Balaban J connectivity index is 0.00000196.